The minimum Gasteiger partial charge on any atom is -0.344 e. The molecule has 1 aliphatic heterocycles. The molecule has 2 aromatic rings. The minimum absolute atomic E-state index is 0.118. The Labute approximate surface area is 148 Å². The van der Waals surface area contributed by atoms with Gasteiger partial charge in [-0.25, -0.2) is 0 Å². The van der Waals surface area contributed by atoms with Crippen molar-refractivity contribution in [3.8, 4) is 0 Å². The van der Waals surface area contributed by atoms with Crippen molar-refractivity contribution in [2.24, 2.45) is 5.92 Å². The Morgan fingerprint density at radius 1 is 1.21 bits per heavy atom. The highest BCUT2D eigenvalue weighted by atomic mass is 32.1. The topological polar surface area (TPSA) is 33.5 Å². The molecule has 0 spiro atoms. The Morgan fingerprint density at radius 3 is 2.62 bits per heavy atom. The quantitative estimate of drug-likeness (QED) is 0.830. The number of quaternary nitrogens is 1. The number of carbonyl (C=O) groups excluding carboxylic acids is 1. The average molecular weight is 344 g/mol. The van der Waals surface area contributed by atoms with Crippen LogP contribution >= 0.6 is 11.3 Å². The third-order valence-electron chi connectivity index (χ3n) is 4.94. The Bertz CT molecular complexity index is 618. The van der Waals surface area contributed by atoms with Gasteiger partial charge in [0.15, 0.2) is 6.54 Å². The highest BCUT2D eigenvalue weighted by Crippen LogP contribution is 2.18. The van der Waals surface area contributed by atoms with E-state index >= 15 is 0 Å². The molecule has 0 unspecified atom stereocenters. The highest BCUT2D eigenvalue weighted by molar-refractivity contribution is 7.10. The van der Waals surface area contributed by atoms with Crippen molar-refractivity contribution < 1.29 is 9.69 Å². The lowest BCUT2D eigenvalue weighted by Crippen LogP contribution is -3.14. The third kappa shape index (κ3) is 4.92. The molecule has 3 nitrogen and oxygen atoms in total. The predicted molar refractivity (Wildman–Crippen MR) is 99.3 cm³/mol. The molecule has 2 heterocycles. The zero-order valence-corrected chi connectivity index (χ0v) is 15.1. The van der Waals surface area contributed by atoms with Gasteiger partial charge in [-0.1, -0.05) is 36.4 Å². The number of carbonyl (C=O) groups is 1. The number of nitrogens with one attached hydrogen (secondary N) is 2. The van der Waals surface area contributed by atoms with E-state index in [-0.39, 0.29) is 11.9 Å². The van der Waals surface area contributed by atoms with Gasteiger partial charge in [-0.2, -0.15) is 0 Å². The fourth-order valence-electron chi connectivity index (χ4n) is 3.54. The molecule has 1 atom stereocenters. The van der Waals surface area contributed by atoms with Crippen molar-refractivity contribution in [1.29, 1.82) is 0 Å². The van der Waals surface area contributed by atoms with Gasteiger partial charge in [0.05, 0.1) is 19.1 Å². The molecule has 3 rings (SSSR count). The van der Waals surface area contributed by atoms with Crippen LogP contribution in [-0.4, -0.2) is 25.5 Å². The summed E-state index contributed by atoms with van der Waals surface area (Å²) >= 11 is 1.70. The molecule has 1 aliphatic rings. The molecule has 0 bridgehead atoms. The van der Waals surface area contributed by atoms with Crippen LogP contribution in [-0.2, 0) is 11.2 Å². The van der Waals surface area contributed by atoms with Crippen LogP contribution in [0.4, 0.5) is 0 Å². The van der Waals surface area contributed by atoms with Gasteiger partial charge < -0.3 is 10.2 Å². The summed E-state index contributed by atoms with van der Waals surface area (Å²) in [6, 6.07) is 15.0. The lowest BCUT2D eigenvalue weighted by Gasteiger charge is -2.29. The van der Waals surface area contributed by atoms with Crippen molar-refractivity contribution in [2.45, 2.75) is 32.2 Å². The van der Waals surface area contributed by atoms with Crippen molar-refractivity contribution >= 4 is 17.2 Å². The van der Waals surface area contributed by atoms with E-state index in [4.69, 9.17) is 0 Å². The molecule has 1 amide bonds. The van der Waals surface area contributed by atoms with E-state index in [1.165, 1.54) is 34.6 Å². The molecule has 1 aromatic heterocycles. The molecule has 0 saturated carbocycles. The molecule has 2 N–H and O–H groups in total. The smallest absolute Gasteiger partial charge is 0.275 e. The lowest BCUT2D eigenvalue weighted by molar-refractivity contribution is -0.898. The number of hydrogen-bond donors (Lipinski definition) is 2. The van der Waals surface area contributed by atoms with Crippen molar-refractivity contribution in [2.75, 3.05) is 19.6 Å². The zero-order chi connectivity index (χ0) is 16.8. The van der Waals surface area contributed by atoms with Crippen LogP contribution < -0.4 is 10.2 Å². The van der Waals surface area contributed by atoms with E-state index in [1.54, 1.807) is 11.3 Å². The van der Waals surface area contributed by atoms with Crippen LogP contribution in [0.5, 0.6) is 0 Å². The van der Waals surface area contributed by atoms with E-state index in [2.05, 4.69) is 54.0 Å². The molecule has 24 heavy (non-hydrogen) atoms. The van der Waals surface area contributed by atoms with Gasteiger partial charge in [-0.05, 0) is 49.1 Å². The van der Waals surface area contributed by atoms with Gasteiger partial charge in [-0.15, -0.1) is 11.3 Å². The van der Waals surface area contributed by atoms with Gasteiger partial charge in [0.2, 0.25) is 0 Å². The fourth-order valence-corrected chi connectivity index (χ4v) is 4.28. The Hall–Kier alpha value is -1.65. The van der Waals surface area contributed by atoms with Crippen LogP contribution in [0.3, 0.4) is 0 Å². The number of likely N-dealkylation sites (tertiary alicyclic amines) is 1. The molecular formula is C20H27N2OS+. The van der Waals surface area contributed by atoms with Crippen molar-refractivity contribution in [1.82, 2.24) is 5.32 Å². The first-order chi connectivity index (χ1) is 11.7. The summed E-state index contributed by atoms with van der Waals surface area (Å²) in [4.78, 5) is 14.9. The van der Waals surface area contributed by atoms with Gasteiger partial charge in [-0.3, -0.25) is 4.79 Å². The predicted octanol–water partition coefficient (Wildman–Crippen LogP) is 2.46. The second-order valence-electron chi connectivity index (χ2n) is 6.86. The summed E-state index contributed by atoms with van der Waals surface area (Å²) in [6.07, 6.45) is 3.62. The number of benzene rings is 1. The van der Waals surface area contributed by atoms with Crippen LogP contribution in [0.15, 0.2) is 47.8 Å². The maximum absolute atomic E-state index is 12.3. The lowest BCUT2D eigenvalue weighted by atomic mass is 9.90. The van der Waals surface area contributed by atoms with Crippen molar-refractivity contribution in [3.63, 3.8) is 0 Å². The molecule has 1 fully saturated rings. The average Bonchev–Trinajstić information content (AvgIpc) is 3.12. The first-order valence-corrected chi connectivity index (χ1v) is 9.79. The first-order valence-electron chi connectivity index (χ1n) is 8.91. The number of thiophene rings is 1. The van der Waals surface area contributed by atoms with E-state index in [0.717, 1.165) is 19.0 Å². The molecular weight excluding hydrogens is 316 g/mol. The van der Waals surface area contributed by atoms with Crippen LogP contribution in [0.2, 0.25) is 0 Å². The fraction of sp³-hybridized carbons (Fsp3) is 0.450. The summed E-state index contributed by atoms with van der Waals surface area (Å²) in [7, 11) is 0. The second-order valence-corrected chi connectivity index (χ2v) is 7.84. The highest BCUT2D eigenvalue weighted by Gasteiger charge is 2.24. The van der Waals surface area contributed by atoms with E-state index < -0.39 is 0 Å². The maximum Gasteiger partial charge on any atom is 0.275 e. The monoisotopic (exact) mass is 343 g/mol. The number of hydrogen-bond acceptors (Lipinski definition) is 2. The van der Waals surface area contributed by atoms with Gasteiger partial charge in [0.25, 0.3) is 5.91 Å². The van der Waals surface area contributed by atoms with Crippen molar-refractivity contribution in [3.05, 3.63) is 58.3 Å². The Balaban J connectivity index is 1.39. The minimum atomic E-state index is 0.118. The molecule has 0 radical (unpaired) electrons. The van der Waals surface area contributed by atoms with Crippen LogP contribution in [0.25, 0.3) is 0 Å². The maximum atomic E-state index is 12.3. The standard InChI is InChI=1S/C20H26N2OS/c1-16(19-8-5-13-24-19)21-20(23)15-22-11-9-18(10-12-22)14-17-6-3-2-4-7-17/h2-8,13,16,18H,9-12,14-15H2,1H3,(H,21,23)/p+1/t16-/m0/s1. The van der Waals surface area contributed by atoms with E-state index in [1.807, 2.05) is 6.07 Å². The SMILES string of the molecule is C[C@H](NC(=O)C[NH+]1CCC(Cc2ccccc2)CC1)c1cccs1. The molecule has 4 heteroatoms. The zero-order valence-electron chi connectivity index (χ0n) is 14.3. The molecule has 128 valence electrons. The first kappa shape index (κ1) is 17.2. The normalized spacial score (nSPS) is 22.0. The summed E-state index contributed by atoms with van der Waals surface area (Å²) in [5.41, 5.74) is 1.44. The second kappa shape index (κ2) is 8.45. The summed E-state index contributed by atoms with van der Waals surface area (Å²) in [5, 5.41) is 5.19. The third-order valence-corrected chi connectivity index (χ3v) is 5.99. The summed E-state index contributed by atoms with van der Waals surface area (Å²) in [5.74, 6) is 0.941. The van der Waals surface area contributed by atoms with Crippen LogP contribution in [0, 0.1) is 5.92 Å². The molecule has 1 aromatic carbocycles. The van der Waals surface area contributed by atoms with Crippen LogP contribution in [0.1, 0.15) is 36.2 Å². The number of piperidine rings is 1. The molecule has 1 saturated heterocycles. The summed E-state index contributed by atoms with van der Waals surface area (Å²) in [6.45, 7) is 4.88. The largest absolute Gasteiger partial charge is 0.344 e. The molecule has 0 aliphatic carbocycles. The summed E-state index contributed by atoms with van der Waals surface area (Å²) < 4.78 is 0. The Morgan fingerprint density at radius 2 is 1.96 bits per heavy atom. The number of rotatable bonds is 6. The number of amides is 1. The van der Waals surface area contributed by atoms with E-state index in [9.17, 15) is 4.79 Å². The van der Waals surface area contributed by atoms with Gasteiger partial charge in [0, 0.05) is 4.88 Å². The Kier molecular flexibility index (Phi) is 6.05. The van der Waals surface area contributed by atoms with Gasteiger partial charge in [0.1, 0.15) is 0 Å². The van der Waals surface area contributed by atoms with Gasteiger partial charge >= 0.3 is 0 Å². The van der Waals surface area contributed by atoms with E-state index in [0.29, 0.717) is 6.54 Å².